The van der Waals surface area contributed by atoms with Gasteiger partial charge in [-0.2, -0.15) is 0 Å². The first-order valence-electron chi connectivity index (χ1n) is 9.30. The highest BCUT2D eigenvalue weighted by molar-refractivity contribution is 6.00. The molecular weight excluding hydrogens is 356 g/mol. The van der Waals surface area contributed by atoms with Gasteiger partial charge in [-0.15, -0.1) is 0 Å². The first-order valence-corrected chi connectivity index (χ1v) is 9.30. The van der Waals surface area contributed by atoms with Gasteiger partial charge in [-0.25, -0.2) is 4.79 Å². The van der Waals surface area contributed by atoms with Crippen molar-refractivity contribution in [2.24, 2.45) is 0 Å². The summed E-state index contributed by atoms with van der Waals surface area (Å²) < 4.78 is 10.7. The van der Waals surface area contributed by atoms with Crippen molar-refractivity contribution in [1.29, 1.82) is 0 Å². The summed E-state index contributed by atoms with van der Waals surface area (Å²) in [6.45, 7) is 6.23. The van der Waals surface area contributed by atoms with Crippen LogP contribution in [0.5, 0.6) is 5.75 Å². The minimum atomic E-state index is -0.730. The van der Waals surface area contributed by atoms with Gasteiger partial charge in [0.25, 0.3) is 5.91 Å². The Labute approximate surface area is 165 Å². The number of carbonyl (C=O) groups excluding carboxylic acids is 2. The van der Waals surface area contributed by atoms with Gasteiger partial charge in [0, 0.05) is 18.8 Å². The van der Waals surface area contributed by atoms with E-state index in [0.717, 1.165) is 17.0 Å². The number of carbonyl (C=O) groups is 2. The zero-order chi connectivity index (χ0) is 20.3. The number of rotatable bonds is 3. The van der Waals surface area contributed by atoms with E-state index >= 15 is 0 Å². The first kappa shape index (κ1) is 19.7. The quantitative estimate of drug-likeness (QED) is 0.804. The molecule has 6 heteroatoms. The van der Waals surface area contributed by atoms with Crippen molar-refractivity contribution in [3.05, 3.63) is 60.2 Å². The Morgan fingerprint density at radius 1 is 1.00 bits per heavy atom. The number of anilines is 1. The van der Waals surface area contributed by atoms with E-state index < -0.39 is 17.7 Å². The zero-order valence-electron chi connectivity index (χ0n) is 16.7. The molecule has 1 fully saturated rings. The van der Waals surface area contributed by atoms with Crippen molar-refractivity contribution in [3.8, 4) is 5.75 Å². The maximum Gasteiger partial charge on any atom is 0.411 e. The molecule has 1 unspecified atom stereocenters. The van der Waals surface area contributed by atoms with Crippen LogP contribution in [0, 0.1) is 0 Å². The largest absolute Gasteiger partial charge is 0.497 e. The fraction of sp³-hybridized carbons (Fsp3) is 0.364. The zero-order valence-corrected chi connectivity index (χ0v) is 16.7. The summed E-state index contributed by atoms with van der Waals surface area (Å²) in [7, 11) is 1.60. The number of nitrogens with zero attached hydrogens (tertiary/aromatic N) is 2. The van der Waals surface area contributed by atoms with Gasteiger partial charge < -0.3 is 14.4 Å². The van der Waals surface area contributed by atoms with Crippen molar-refractivity contribution in [2.45, 2.75) is 32.4 Å². The van der Waals surface area contributed by atoms with Crippen LogP contribution in [0.3, 0.4) is 0 Å². The molecule has 1 saturated heterocycles. The molecule has 2 amide bonds. The van der Waals surface area contributed by atoms with Crippen LogP contribution in [0.1, 0.15) is 32.4 Å². The molecule has 0 aromatic heterocycles. The number of amides is 2. The molecule has 0 saturated carbocycles. The summed E-state index contributed by atoms with van der Waals surface area (Å²) >= 11 is 0. The maximum absolute atomic E-state index is 13.4. The summed E-state index contributed by atoms with van der Waals surface area (Å²) in [6.07, 6.45) is -0.482. The van der Waals surface area contributed by atoms with E-state index in [1.807, 2.05) is 75.4 Å². The number of methoxy groups -OCH3 is 1. The Hall–Kier alpha value is -3.02. The monoisotopic (exact) mass is 382 g/mol. The lowest BCUT2D eigenvalue weighted by molar-refractivity contribution is -0.126. The van der Waals surface area contributed by atoms with Crippen LogP contribution < -0.4 is 9.64 Å². The molecule has 0 bridgehead atoms. The number of hydrogen-bond donors (Lipinski definition) is 0. The predicted molar refractivity (Wildman–Crippen MR) is 107 cm³/mol. The molecule has 0 radical (unpaired) electrons. The van der Waals surface area contributed by atoms with Crippen molar-refractivity contribution in [2.75, 3.05) is 25.1 Å². The molecule has 1 aliphatic rings. The molecule has 3 rings (SSSR count). The minimum absolute atomic E-state index is 0.159. The van der Waals surface area contributed by atoms with Gasteiger partial charge in [0.2, 0.25) is 0 Å². The highest BCUT2D eigenvalue weighted by Crippen LogP contribution is 2.31. The Kier molecular flexibility index (Phi) is 5.58. The molecule has 0 N–H and O–H groups in total. The second-order valence-electron chi connectivity index (χ2n) is 7.67. The van der Waals surface area contributed by atoms with Gasteiger partial charge in [0.05, 0.1) is 7.11 Å². The molecular formula is C22H26N2O4. The summed E-state index contributed by atoms with van der Waals surface area (Å²) in [5.74, 6) is 0.566. The number of hydrogen-bond acceptors (Lipinski definition) is 4. The van der Waals surface area contributed by atoms with Crippen molar-refractivity contribution in [1.82, 2.24) is 4.90 Å². The number of piperazine rings is 1. The number of benzene rings is 2. The smallest absolute Gasteiger partial charge is 0.411 e. The highest BCUT2D eigenvalue weighted by Gasteiger charge is 2.40. The van der Waals surface area contributed by atoms with Gasteiger partial charge in [0.1, 0.15) is 17.4 Å². The van der Waals surface area contributed by atoms with E-state index in [2.05, 4.69) is 0 Å². The topological polar surface area (TPSA) is 59.1 Å². The van der Waals surface area contributed by atoms with Crippen LogP contribution in [0.2, 0.25) is 0 Å². The average Bonchev–Trinajstić information content (AvgIpc) is 2.67. The normalized spacial score (nSPS) is 17.4. The molecule has 1 atom stereocenters. The molecule has 6 nitrogen and oxygen atoms in total. The van der Waals surface area contributed by atoms with Crippen LogP contribution in [0.25, 0.3) is 0 Å². The van der Waals surface area contributed by atoms with E-state index in [1.54, 1.807) is 12.0 Å². The summed E-state index contributed by atoms with van der Waals surface area (Å²) in [6, 6.07) is 15.9. The van der Waals surface area contributed by atoms with E-state index in [9.17, 15) is 9.59 Å². The SMILES string of the molecule is COc1ccc(N2CCN(C(=O)OC(C)(C)C)C(c3ccccc3)C2=O)cc1. The summed E-state index contributed by atoms with van der Waals surface area (Å²) in [4.78, 5) is 29.4. The van der Waals surface area contributed by atoms with Crippen LogP contribution >= 0.6 is 0 Å². The van der Waals surface area contributed by atoms with Gasteiger partial charge in [-0.05, 0) is 50.6 Å². The third kappa shape index (κ3) is 4.27. The molecule has 148 valence electrons. The lowest BCUT2D eigenvalue weighted by Gasteiger charge is -2.41. The standard InChI is InChI=1S/C22H26N2O4/c1-22(2,3)28-21(26)24-15-14-23(17-10-12-18(27-4)13-11-17)20(25)19(24)16-8-6-5-7-9-16/h5-13,19H,14-15H2,1-4H3. The Balaban J connectivity index is 1.93. The maximum atomic E-state index is 13.4. The van der Waals surface area contributed by atoms with Crippen LogP contribution in [-0.4, -0.2) is 42.7 Å². The van der Waals surface area contributed by atoms with Crippen molar-refractivity contribution >= 4 is 17.7 Å². The van der Waals surface area contributed by atoms with Crippen molar-refractivity contribution < 1.29 is 19.1 Å². The minimum Gasteiger partial charge on any atom is -0.497 e. The first-order chi connectivity index (χ1) is 13.3. The van der Waals surface area contributed by atoms with Gasteiger partial charge in [0.15, 0.2) is 0 Å². The van der Waals surface area contributed by atoms with Gasteiger partial charge in [-0.1, -0.05) is 30.3 Å². The van der Waals surface area contributed by atoms with Crippen molar-refractivity contribution in [3.63, 3.8) is 0 Å². The molecule has 2 aromatic rings. The molecule has 2 aromatic carbocycles. The van der Waals surface area contributed by atoms with E-state index in [-0.39, 0.29) is 5.91 Å². The lowest BCUT2D eigenvalue weighted by atomic mass is 10.0. The lowest BCUT2D eigenvalue weighted by Crippen LogP contribution is -2.55. The number of ether oxygens (including phenoxy) is 2. The molecule has 0 aliphatic carbocycles. The summed E-state index contributed by atoms with van der Waals surface area (Å²) in [5.41, 5.74) is 0.904. The van der Waals surface area contributed by atoms with Crippen LogP contribution in [0.15, 0.2) is 54.6 Å². The average molecular weight is 382 g/mol. The van der Waals surface area contributed by atoms with E-state index in [0.29, 0.717) is 13.1 Å². The third-order valence-corrected chi connectivity index (χ3v) is 4.50. The highest BCUT2D eigenvalue weighted by atomic mass is 16.6. The Morgan fingerprint density at radius 2 is 1.64 bits per heavy atom. The second kappa shape index (κ2) is 7.92. The fourth-order valence-corrected chi connectivity index (χ4v) is 3.22. The fourth-order valence-electron chi connectivity index (χ4n) is 3.22. The third-order valence-electron chi connectivity index (χ3n) is 4.50. The summed E-state index contributed by atoms with van der Waals surface area (Å²) in [5, 5.41) is 0. The van der Waals surface area contributed by atoms with E-state index in [1.165, 1.54) is 4.90 Å². The second-order valence-corrected chi connectivity index (χ2v) is 7.67. The molecule has 1 aliphatic heterocycles. The molecule has 0 spiro atoms. The van der Waals surface area contributed by atoms with Crippen LogP contribution in [-0.2, 0) is 9.53 Å². The Morgan fingerprint density at radius 3 is 2.21 bits per heavy atom. The Bertz CT molecular complexity index is 828. The van der Waals surface area contributed by atoms with E-state index in [4.69, 9.17) is 9.47 Å². The molecule has 28 heavy (non-hydrogen) atoms. The van der Waals surface area contributed by atoms with Crippen LogP contribution in [0.4, 0.5) is 10.5 Å². The predicted octanol–water partition coefficient (Wildman–Crippen LogP) is 4.02. The van der Waals surface area contributed by atoms with Gasteiger partial charge in [-0.3, -0.25) is 9.69 Å². The molecule has 1 heterocycles. The van der Waals surface area contributed by atoms with Gasteiger partial charge >= 0.3 is 6.09 Å².